The quantitative estimate of drug-likeness (QED) is 0.266. The highest BCUT2D eigenvalue weighted by Crippen LogP contribution is 2.35. The Hall–Kier alpha value is -3.11. The first-order valence-corrected chi connectivity index (χ1v) is 12.0. The van der Waals surface area contributed by atoms with Crippen LogP contribution in [0.1, 0.15) is 35.8 Å². The molecule has 1 aromatic heterocycles. The van der Waals surface area contributed by atoms with Crippen molar-refractivity contribution in [1.82, 2.24) is 15.3 Å². The lowest BCUT2D eigenvalue weighted by Crippen LogP contribution is -2.28. The molecule has 4 rings (SSSR count). The highest BCUT2D eigenvalue weighted by Gasteiger charge is 2.48. The minimum atomic E-state index is -5.72. The number of rotatable bonds is 5. The van der Waals surface area contributed by atoms with Crippen LogP contribution in [-0.4, -0.2) is 30.4 Å². The number of nitrogens with zero attached hydrogens (tertiary/aromatic N) is 1. The summed E-state index contributed by atoms with van der Waals surface area (Å²) in [7, 11) is -5.72. The molecule has 182 valence electrons. The first kappa shape index (κ1) is 25.5. The molecule has 0 amide bonds. The third-order valence-corrected chi connectivity index (χ3v) is 6.68. The van der Waals surface area contributed by atoms with Crippen LogP contribution in [0.5, 0.6) is 5.75 Å². The van der Waals surface area contributed by atoms with Gasteiger partial charge in [-0.2, -0.15) is 21.6 Å². The van der Waals surface area contributed by atoms with Gasteiger partial charge in [0.2, 0.25) is 0 Å². The molecule has 1 saturated heterocycles. The van der Waals surface area contributed by atoms with Gasteiger partial charge >= 0.3 is 15.6 Å². The molecule has 3 aromatic rings. The van der Waals surface area contributed by atoms with Crippen LogP contribution in [0.2, 0.25) is 0 Å². The van der Waals surface area contributed by atoms with Crippen molar-refractivity contribution >= 4 is 10.1 Å². The summed E-state index contributed by atoms with van der Waals surface area (Å²) in [5, 5.41) is 3.40. The third-order valence-electron chi connectivity index (χ3n) is 5.71. The van der Waals surface area contributed by atoms with Gasteiger partial charge in [0, 0.05) is 0 Å². The molecule has 1 fully saturated rings. The van der Waals surface area contributed by atoms with E-state index in [-0.39, 0.29) is 11.8 Å². The maximum absolute atomic E-state index is 12.6. The molecule has 10 heteroatoms. The predicted molar refractivity (Wildman–Crippen MR) is 126 cm³/mol. The molecule has 2 aromatic carbocycles. The van der Waals surface area contributed by atoms with Gasteiger partial charge in [-0.25, -0.2) is 4.98 Å². The van der Waals surface area contributed by atoms with Crippen molar-refractivity contribution in [3.05, 3.63) is 72.7 Å². The first-order valence-electron chi connectivity index (χ1n) is 10.6. The van der Waals surface area contributed by atoms with Gasteiger partial charge in [0.15, 0.2) is 0 Å². The average Bonchev–Trinajstić information content (AvgIpc) is 3.50. The van der Waals surface area contributed by atoms with Crippen LogP contribution in [0, 0.1) is 13.8 Å². The Bertz CT molecular complexity index is 1250. The number of halogens is 3. The molecule has 0 aliphatic carbocycles. The average molecular weight is 494 g/mol. The highest BCUT2D eigenvalue weighted by molar-refractivity contribution is 7.88. The number of hydrogen-bond acceptors (Lipinski definition) is 5. The summed E-state index contributed by atoms with van der Waals surface area (Å²) in [5.74, 6) is 0.572. The molecule has 1 unspecified atom stereocenters. The molecule has 2 heterocycles. The van der Waals surface area contributed by atoms with Gasteiger partial charge in [-0.3, -0.25) is 0 Å². The molecule has 0 radical (unpaired) electrons. The second kappa shape index (κ2) is 10.0. The van der Waals surface area contributed by atoms with Crippen molar-refractivity contribution in [2.45, 2.75) is 38.2 Å². The van der Waals surface area contributed by atoms with Crippen molar-refractivity contribution < 1.29 is 25.8 Å². The summed E-state index contributed by atoms with van der Waals surface area (Å²) in [6.45, 7) is 10.2. The third kappa shape index (κ3) is 5.18. The number of H-pyrrole nitrogens is 1. The summed E-state index contributed by atoms with van der Waals surface area (Å²) in [6.07, 6.45) is 3.97. The smallest absolute Gasteiger partial charge is 0.376 e. The number of benzene rings is 2. The van der Waals surface area contributed by atoms with E-state index in [2.05, 4.69) is 32.6 Å². The Labute approximate surface area is 197 Å². The normalized spacial score (nSPS) is 16.1. The van der Waals surface area contributed by atoms with Gasteiger partial charge in [-0.15, -0.1) is 13.2 Å². The predicted octanol–water partition coefficient (Wildman–Crippen LogP) is 5.82. The van der Waals surface area contributed by atoms with Gasteiger partial charge < -0.3 is 14.5 Å². The zero-order chi connectivity index (χ0) is 25.1. The van der Waals surface area contributed by atoms with Gasteiger partial charge in [0.05, 0.1) is 17.9 Å². The Morgan fingerprint density at radius 2 is 1.68 bits per heavy atom. The lowest BCUT2D eigenvalue weighted by molar-refractivity contribution is -0.0500. The van der Waals surface area contributed by atoms with E-state index in [1.807, 2.05) is 24.3 Å². The molecule has 2 N–H and O–H groups in total. The van der Waals surface area contributed by atoms with E-state index < -0.39 is 15.6 Å². The monoisotopic (exact) mass is 493 g/mol. The second-order valence-corrected chi connectivity index (χ2v) is 9.29. The van der Waals surface area contributed by atoms with Crippen molar-refractivity contribution in [2.24, 2.45) is 0 Å². The minimum absolute atomic E-state index is 0.246. The number of aromatic nitrogens is 2. The topological polar surface area (TPSA) is 84.1 Å². The molecule has 1 aliphatic heterocycles. The fourth-order valence-electron chi connectivity index (χ4n) is 3.77. The SMILES string of the molecule is C=C.Cc1c(OS(=O)(=O)C(F)(F)F)ccc(-c2ccc(-c3cnc(C4CCCN4)[nH]3)cc2)c1C. The summed E-state index contributed by atoms with van der Waals surface area (Å²) < 4.78 is 64.9. The molecule has 6 nitrogen and oxygen atoms in total. The molecule has 0 bridgehead atoms. The van der Waals surface area contributed by atoms with Crippen molar-refractivity contribution in [3.8, 4) is 28.1 Å². The van der Waals surface area contributed by atoms with Crippen molar-refractivity contribution in [2.75, 3.05) is 6.54 Å². The summed E-state index contributed by atoms with van der Waals surface area (Å²) in [5.41, 5.74) is -1.07. The van der Waals surface area contributed by atoms with Gasteiger partial charge in [0.25, 0.3) is 0 Å². The molecule has 0 spiro atoms. The largest absolute Gasteiger partial charge is 0.534 e. The minimum Gasteiger partial charge on any atom is -0.376 e. The Balaban J connectivity index is 0.00000158. The van der Waals surface area contributed by atoms with E-state index in [9.17, 15) is 21.6 Å². The maximum atomic E-state index is 12.6. The van der Waals surface area contributed by atoms with Crippen LogP contribution >= 0.6 is 0 Å². The number of aromatic amines is 1. The summed E-state index contributed by atoms with van der Waals surface area (Å²) in [4.78, 5) is 7.83. The fourth-order valence-corrected chi connectivity index (χ4v) is 4.28. The van der Waals surface area contributed by atoms with Crippen LogP contribution in [0.3, 0.4) is 0 Å². The molecule has 34 heavy (non-hydrogen) atoms. The van der Waals surface area contributed by atoms with Crippen LogP contribution in [0.15, 0.2) is 55.8 Å². The van der Waals surface area contributed by atoms with Crippen LogP contribution in [0.4, 0.5) is 13.2 Å². The van der Waals surface area contributed by atoms with Crippen LogP contribution in [0.25, 0.3) is 22.4 Å². The maximum Gasteiger partial charge on any atom is 0.534 e. The van der Waals surface area contributed by atoms with E-state index in [0.717, 1.165) is 47.6 Å². The van der Waals surface area contributed by atoms with E-state index in [4.69, 9.17) is 0 Å². The molecule has 1 atom stereocenters. The second-order valence-electron chi connectivity index (χ2n) is 7.75. The standard InChI is InChI=1S/C22H22F3N3O3S.C2H4/c1-13-14(2)20(31-32(29,30)22(23,24)25)10-9-17(13)15-5-7-16(8-6-15)19-12-27-21(28-19)18-4-3-11-26-18;1-2/h5-10,12,18,26H,3-4,11H2,1-2H3,(H,27,28);1-2H2. The Kier molecular flexibility index (Phi) is 7.52. The van der Waals surface area contributed by atoms with Gasteiger partial charge in [0.1, 0.15) is 11.6 Å². The van der Waals surface area contributed by atoms with Gasteiger partial charge in [-0.05, 0) is 67.1 Å². The van der Waals surface area contributed by atoms with Gasteiger partial charge in [-0.1, -0.05) is 30.3 Å². The van der Waals surface area contributed by atoms with E-state index >= 15 is 0 Å². The van der Waals surface area contributed by atoms with Crippen molar-refractivity contribution in [3.63, 3.8) is 0 Å². The van der Waals surface area contributed by atoms with E-state index in [1.54, 1.807) is 19.2 Å². The summed E-state index contributed by atoms with van der Waals surface area (Å²) in [6, 6.07) is 10.7. The lowest BCUT2D eigenvalue weighted by atomic mass is 9.95. The first-order chi connectivity index (χ1) is 16.1. The number of imidazole rings is 1. The highest BCUT2D eigenvalue weighted by atomic mass is 32.2. The summed E-state index contributed by atoms with van der Waals surface area (Å²) >= 11 is 0. The molecular weight excluding hydrogens is 467 g/mol. The van der Waals surface area contributed by atoms with Crippen LogP contribution in [-0.2, 0) is 10.1 Å². The number of nitrogens with one attached hydrogen (secondary N) is 2. The molecule has 1 aliphatic rings. The fraction of sp³-hybridized carbons (Fsp3) is 0.292. The number of hydrogen-bond donors (Lipinski definition) is 2. The Morgan fingerprint density at radius 1 is 1.03 bits per heavy atom. The van der Waals surface area contributed by atoms with Crippen LogP contribution < -0.4 is 9.50 Å². The van der Waals surface area contributed by atoms with E-state index in [0.29, 0.717) is 11.1 Å². The zero-order valence-corrected chi connectivity index (χ0v) is 19.7. The molecular formula is C24H26F3N3O3S. The zero-order valence-electron chi connectivity index (χ0n) is 18.9. The Morgan fingerprint density at radius 3 is 2.26 bits per heavy atom. The van der Waals surface area contributed by atoms with E-state index in [1.165, 1.54) is 13.0 Å². The molecule has 0 saturated carbocycles. The number of alkyl halides is 3. The lowest BCUT2D eigenvalue weighted by Gasteiger charge is -2.15. The van der Waals surface area contributed by atoms with Crippen molar-refractivity contribution in [1.29, 1.82) is 0 Å².